The predicted octanol–water partition coefficient (Wildman–Crippen LogP) is 6.69. The van der Waals surface area contributed by atoms with Crippen LogP contribution in [0.4, 0.5) is 5.69 Å². The van der Waals surface area contributed by atoms with Crippen LogP contribution in [0.2, 0.25) is 5.02 Å². The van der Waals surface area contributed by atoms with Gasteiger partial charge in [-0.15, -0.1) is 0 Å². The molecular formula is C24H24ClNO. The van der Waals surface area contributed by atoms with Gasteiger partial charge in [-0.25, -0.2) is 0 Å². The number of halogens is 1. The van der Waals surface area contributed by atoms with Crippen LogP contribution in [0.5, 0.6) is 5.75 Å². The van der Waals surface area contributed by atoms with Crippen LogP contribution in [-0.2, 0) is 6.42 Å². The Morgan fingerprint density at radius 1 is 0.889 bits per heavy atom. The average molecular weight is 378 g/mol. The number of ether oxygens (including phenoxy) is 1. The number of hydrogen-bond donors (Lipinski definition) is 1. The molecule has 0 aliphatic rings. The largest absolute Gasteiger partial charge is 0.497 e. The molecule has 3 aromatic rings. The van der Waals surface area contributed by atoms with Crippen molar-refractivity contribution in [2.24, 2.45) is 0 Å². The molecule has 0 spiro atoms. The second-order valence-corrected chi connectivity index (χ2v) is 6.81. The first-order valence-electron chi connectivity index (χ1n) is 9.09. The van der Waals surface area contributed by atoms with Gasteiger partial charge in [0.2, 0.25) is 0 Å². The molecule has 27 heavy (non-hydrogen) atoms. The number of allylic oxidation sites excluding steroid dienone is 1. The highest BCUT2D eigenvalue weighted by Crippen LogP contribution is 2.26. The fraction of sp³-hybridized carbons (Fsp3) is 0.167. The first-order chi connectivity index (χ1) is 13.2. The summed E-state index contributed by atoms with van der Waals surface area (Å²) in [6.45, 7) is 0. The number of anilines is 1. The van der Waals surface area contributed by atoms with Crippen molar-refractivity contribution in [1.82, 2.24) is 0 Å². The molecule has 0 saturated carbocycles. The molecule has 3 rings (SSSR count). The van der Waals surface area contributed by atoms with Gasteiger partial charge in [-0.1, -0.05) is 66.2 Å². The Kier molecular flexibility index (Phi) is 6.95. The van der Waals surface area contributed by atoms with Crippen molar-refractivity contribution in [1.29, 1.82) is 0 Å². The number of methoxy groups -OCH3 is 1. The molecule has 0 aromatic heterocycles. The quantitative estimate of drug-likeness (QED) is 0.441. The van der Waals surface area contributed by atoms with E-state index in [4.69, 9.17) is 16.3 Å². The van der Waals surface area contributed by atoms with Crippen molar-refractivity contribution < 1.29 is 4.74 Å². The molecule has 3 heteroatoms. The van der Waals surface area contributed by atoms with E-state index in [0.717, 1.165) is 29.3 Å². The van der Waals surface area contributed by atoms with Crippen LogP contribution in [0.15, 0.2) is 91.0 Å². The lowest BCUT2D eigenvalue weighted by Gasteiger charge is -2.19. The number of hydrogen-bond acceptors (Lipinski definition) is 2. The molecule has 0 fully saturated rings. The van der Waals surface area contributed by atoms with Gasteiger partial charge in [0.15, 0.2) is 0 Å². The number of nitrogens with one attached hydrogen (secondary N) is 1. The third-order valence-corrected chi connectivity index (χ3v) is 4.69. The minimum atomic E-state index is 0.169. The maximum absolute atomic E-state index is 6.06. The standard InChI is InChI=1S/C24H24ClNO/c1-27-23-17-15-22(16-18-23)26-24(20-11-13-21(25)14-12-20)10-6-5-9-19-7-3-2-4-8-19/h2-8,11-18,24,26H,9-10H2,1H3/b6-5+. The highest BCUT2D eigenvalue weighted by molar-refractivity contribution is 6.30. The zero-order valence-electron chi connectivity index (χ0n) is 15.4. The second-order valence-electron chi connectivity index (χ2n) is 6.37. The normalized spacial score (nSPS) is 12.1. The lowest BCUT2D eigenvalue weighted by atomic mass is 10.0. The van der Waals surface area contributed by atoms with Crippen LogP contribution in [0.3, 0.4) is 0 Å². The Labute approximate surface area is 166 Å². The Bertz CT molecular complexity index is 842. The fourth-order valence-corrected chi connectivity index (χ4v) is 3.05. The Morgan fingerprint density at radius 3 is 2.26 bits per heavy atom. The molecule has 0 aliphatic carbocycles. The lowest BCUT2D eigenvalue weighted by molar-refractivity contribution is 0.415. The summed E-state index contributed by atoms with van der Waals surface area (Å²) < 4.78 is 5.24. The monoisotopic (exact) mass is 377 g/mol. The Morgan fingerprint density at radius 2 is 1.59 bits per heavy atom. The average Bonchev–Trinajstić information content (AvgIpc) is 2.72. The molecule has 0 radical (unpaired) electrons. The molecule has 0 aliphatic heterocycles. The summed E-state index contributed by atoms with van der Waals surface area (Å²) in [7, 11) is 1.68. The highest BCUT2D eigenvalue weighted by atomic mass is 35.5. The molecule has 0 amide bonds. The maximum atomic E-state index is 6.06. The van der Waals surface area contributed by atoms with Crippen molar-refractivity contribution in [2.75, 3.05) is 12.4 Å². The zero-order valence-corrected chi connectivity index (χ0v) is 16.2. The van der Waals surface area contributed by atoms with Gasteiger partial charge >= 0.3 is 0 Å². The minimum Gasteiger partial charge on any atom is -0.497 e. The van der Waals surface area contributed by atoms with Crippen LogP contribution >= 0.6 is 11.6 Å². The molecule has 2 nitrogen and oxygen atoms in total. The molecule has 3 aromatic carbocycles. The number of benzene rings is 3. The molecule has 1 N–H and O–H groups in total. The minimum absolute atomic E-state index is 0.169. The van der Waals surface area contributed by atoms with E-state index in [9.17, 15) is 0 Å². The predicted molar refractivity (Wildman–Crippen MR) is 115 cm³/mol. The highest BCUT2D eigenvalue weighted by Gasteiger charge is 2.10. The Hall–Kier alpha value is -2.71. The van der Waals surface area contributed by atoms with Crippen molar-refractivity contribution in [3.05, 3.63) is 107 Å². The molecule has 0 saturated heterocycles. The molecule has 0 heterocycles. The third kappa shape index (κ3) is 5.90. The van der Waals surface area contributed by atoms with Gasteiger partial charge in [0, 0.05) is 10.7 Å². The van der Waals surface area contributed by atoms with E-state index < -0.39 is 0 Å². The van der Waals surface area contributed by atoms with Crippen molar-refractivity contribution in [3.8, 4) is 5.75 Å². The molecule has 1 atom stereocenters. The SMILES string of the molecule is COc1ccc(NC(C/C=C/Cc2ccccc2)c2ccc(Cl)cc2)cc1. The third-order valence-electron chi connectivity index (χ3n) is 4.44. The molecular weight excluding hydrogens is 354 g/mol. The van der Waals surface area contributed by atoms with Gasteiger partial charge in [-0.05, 0) is 60.4 Å². The first-order valence-corrected chi connectivity index (χ1v) is 9.47. The van der Waals surface area contributed by atoms with Crippen LogP contribution in [0.1, 0.15) is 23.6 Å². The van der Waals surface area contributed by atoms with Gasteiger partial charge in [-0.2, -0.15) is 0 Å². The Balaban J connectivity index is 1.69. The molecule has 138 valence electrons. The summed E-state index contributed by atoms with van der Waals surface area (Å²) >= 11 is 6.06. The summed E-state index contributed by atoms with van der Waals surface area (Å²) in [5, 5.41) is 4.37. The van der Waals surface area contributed by atoms with Crippen LogP contribution < -0.4 is 10.1 Å². The van der Waals surface area contributed by atoms with E-state index in [1.165, 1.54) is 11.1 Å². The van der Waals surface area contributed by atoms with E-state index in [0.29, 0.717) is 0 Å². The first kappa shape index (κ1) is 19.1. The summed E-state index contributed by atoms with van der Waals surface area (Å²) in [6, 6.07) is 26.7. The van der Waals surface area contributed by atoms with E-state index in [-0.39, 0.29) is 6.04 Å². The van der Waals surface area contributed by atoms with Crippen LogP contribution in [0.25, 0.3) is 0 Å². The molecule has 1 unspecified atom stereocenters. The van der Waals surface area contributed by atoms with E-state index >= 15 is 0 Å². The number of rotatable bonds is 8. The fourth-order valence-electron chi connectivity index (χ4n) is 2.93. The van der Waals surface area contributed by atoms with Gasteiger partial charge in [0.05, 0.1) is 13.2 Å². The van der Waals surface area contributed by atoms with Crippen LogP contribution in [0, 0.1) is 0 Å². The van der Waals surface area contributed by atoms with E-state index in [1.807, 2.05) is 42.5 Å². The maximum Gasteiger partial charge on any atom is 0.119 e. The van der Waals surface area contributed by atoms with E-state index in [1.54, 1.807) is 7.11 Å². The topological polar surface area (TPSA) is 21.3 Å². The zero-order chi connectivity index (χ0) is 18.9. The summed E-state index contributed by atoms with van der Waals surface area (Å²) in [5.74, 6) is 0.853. The smallest absolute Gasteiger partial charge is 0.119 e. The van der Waals surface area contributed by atoms with Crippen molar-refractivity contribution >= 4 is 17.3 Å². The van der Waals surface area contributed by atoms with Gasteiger partial charge in [0.1, 0.15) is 5.75 Å². The second kappa shape index (κ2) is 9.84. The summed E-state index contributed by atoms with van der Waals surface area (Å²) in [5.41, 5.74) is 3.59. The van der Waals surface area contributed by atoms with Gasteiger partial charge in [0.25, 0.3) is 0 Å². The summed E-state index contributed by atoms with van der Waals surface area (Å²) in [6.07, 6.45) is 6.30. The summed E-state index contributed by atoms with van der Waals surface area (Å²) in [4.78, 5) is 0. The van der Waals surface area contributed by atoms with Gasteiger partial charge in [-0.3, -0.25) is 0 Å². The van der Waals surface area contributed by atoms with E-state index in [2.05, 4.69) is 53.9 Å². The van der Waals surface area contributed by atoms with Crippen molar-refractivity contribution in [2.45, 2.75) is 18.9 Å². The van der Waals surface area contributed by atoms with Gasteiger partial charge < -0.3 is 10.1 Å². The molecule has 0 bridgehead atoms. The lowest BCUT2D eigenvalue weighted by Crippen LogP contribution is -2.10. The van der Waals surface area contributed by atoms with Crippen molar-refractivity contribution in [3.63, 3.8) is 0 Å². The van der Waals surface area contributed by atoms with Crippen LogP contribution in [-0.4, -0.2) is 7.11 Å².